The molecular formula is C31H30N4O2. The van der Waals surface area contributed by atoms with Gasteiger partial charge in [0.1, 0.15) is 5.75 Å². The Hall–Kier alpha value is -4.19. The summed E-state index contributed by atoms with van der Waals surface area (Å²) in [6.07, 6.45) is 8.08. The maximum Gasteiger partial charge on any atom is 0.263 e. The normalized spacial score (nSPS) is 15.8. The third-order valence-electron chi connectivity index (χ3n) is 7.71. The largest absolute Gasteiger partial charge is 0.497 e. The number of anilines is 1. The van der Waals surface area contributed by atoms with Gasteiger partial charge in [0.15, 0.2) is 0 Å². The van der Waals surface area contributed by atoms with E-state index in [1.54, 1.807) is 17.9 Å². The van der Waals surface area contributed by atoms with Crippen molar-refractivity contribution in [2.75, 3.05) is 12.5 Å². The molecule has 0 aliphatic heterocycles. The lowest BCUT2D eigenvalue weighted by molar-refractivity contribution is 0.284. The number of aromatic nitrogens is 2. The van der Waals surface area contributed by atoms with E-state index < -0.39 is 0 Å². The van der Waals surface area contributed by atoms with Crippen molar-refractivity contribution < 1.29 is 4.74 Å². The van der Waals surface area contributed by atoms with Crippen LogP contribution in [0.25, 0.3) is 16.9 Å². The lowest BCUT2D eigenvalue weighted by Crippen LogP contribution is -2.42. The van der Waals surface area contributed by atoms with Crippen LogP contribution in [-0.4, -0.2) is 22.9 Å². The molecule has 0 radical (unpaired) electrons. The number of nitrogens with one attached hydrogen (secondary N) is 1. The van der Waals surface area contributed by atoms with E-state index >= 15 is 0 Å². The number of ether oxygens (including phenoxy) is 1. The summed E-state index contributed by atoms with van der Waals surface area (Å²) in [6, 6.07) is 25.8. The van der Waals surface area contributed by atoms with Gasteiger partial charge in [0.05, 0.1) is 30.3 Å². The Morgan fingerprint density at radius 3 is 2.57 bits per heavy atom. The van der Waals surface area contributed by atoms with Crippen molar-refractivity contribution in [2.24, 2.45) is 5.10 Å². The van der Waals surface area contributed by atoms with Gasteiger partial charge in [-0.3, -0.25) is 4.79 Å². The highest BCUT2D eigenvalue weighted by Gasteiger charge is 2.43. The van der Waals surface area contributed by atoms with E-state index in [4.69, 9.17) is 9.72 Å². The van der Waals surface area contributed by atoms with E-state index in [1.165, 1.54) is 12.0 Å². The van der Waals surface area contributed by atoms with Gasteiger partial charge < -0.3 is 4.74 Å². The monoisotopic (exact) mass is 490 g/mol. The average Bonchev–Trinajstić information content (AvgIpc) is 2.94. The number of benzene rings is 3. The van der Waals surface area contributed by atoms with Gasteiger partial charge in [-0.05, 0) is 42.5 Å². The van der Waals surface area contributed by atoms with Gasteiger partial charge in [0, 0.05) is 17.0 Å². The number of hydrogen-bond acceptors (Lipinski definition) is 5. The zero-order chi connectivity index (χ0) is 25.2. The third kappa shape index (κ3) is 4.22. The first-order valence-electron chi connectivity index (χ1n) is 12.9. The Balaban J connectivity index is 1.58. The van der Waals surface area contributed by atoms with E-state index in [9.17, 15) is 4.79 Å². The van der Waals surface area contributed by atoms with E-state index in [0.29, 0.717) is 17.4 Å². The fraction of sp³-hybridized carbons (Fsp3) is 0.258. The Kier molecular flexibility index (Phi) is 6.08. The first-order chi connectivity index (χ1) is 18.2. The van der Waals surface area contributed by atoms with Crippen LogP contribution in [0, 0.1) is 0 Å². The van der Waals surface area contributed by atoms with Crippen LogP contribution in [0.15, 0.2) is 88.8 Å². The molecule has 6 rings (SSSR count). The van der Waals surface area contributed by atoms with Gasteiger partial charge in [-0.1, -0.05) is 79.9 Å². The fourth-order valence-electron chi connectivity index (χ4n) is 5.98. The molecule has 2 aliphatic rings. The molecule has 0 amide bonds. The van der Waals surface area contributed by atoms with Crippen molar-refractivity contribution in [3.8, 4) is 22.7 Å². The molecule has 0 atom stereocenters. The predicted molar refractivity (Wildman–Crippen MR) is 148 cm³/mol. The van der Waals surface area contributed by atoms with Crippen molar-refractivity contribution in [1.82, 2.24) is 9.55 Å². The maximum absolute atomic E-state index is 14.5. The second-order valence-corrected chi connectivity index (χ2v) is 9.96. The van der Waals surface area contributed by atoms with Crippen molar-refractivity contribution in [3.63, 3.8) is 0 Å². The average molecular weight is 491 g/mol. The van der Waals surface area contributed by atoms with Crippen LogP contribution >= 0.6 is 0 Å². The lowest BCUT2D eigenvalue weighted by Gasteiger charge is -2.42. The molecule has 0 bridgehead atoms. The molecule has 1 aromatic heterocycles. The maximum atomic E-state index is 14.5. The minimum atomic E-state index is -0.196. The summed E-state index contributed by atoms with van der Waals surface area (Å²) in [5, 5.41) is 4.46. The zero-order valence-electron chi connectivity index (χ0n) is 21.0. The molecule has 1 saturated carbocycles. The SMILES string of the molecule is COc1cccc(-n2c(NN=Cc3ccccc3)nc3c(c2=O)C2(CCCCC2)Cc2ccccc2-3)c1. The van der Waals surface area contributed by atoms with Crippen LogP contribution in [0.1, 0.15) is 48.8 Å². The number of nitrogens with zero attached hydrogens (tertiary/aromatic N) is 3. The summed E-state index contributed by atoms with van der Waals surface area (Å²) in [6.45, 7) is 0. The fourth-order valence-corrected chi connectivity index (χ4v) is 5.98. The molecule has 1 heterocycles. The van der Waals surface area contributed by atoms with Crippen LogP contribution in [0.2, 0.25) is 0 Å². The molecule has 1 N–H and O–H groups in total. The quantitative estimate of drug-likeness (QED) is 0.271. The summed E-state index contributed by atoms with van der Waals surface area (Å²) >= 11 is 0. The van der Waals surface area contributed by atoms with E-state index in [-0.39, 0.29) is 11.0 Å². The molecule has 37 heavy (non-hydrogen) atoms. The molecule has 186 valence electrons. The standard InChI is InChI=1S/C31H30N4O2/c1-37-25-15-10-14-24(19-25)35-29(36)27-28(33-30(35)34-32-21-22-11-4-2-5-12-22)26-16-7-6-13-23(26)20-31(27)17-8-3-9-18-31/h2,4-7,10-16,19,21H,3,8-9,17-18,20H2,1H3,(H,33,34). The Bertz CT molecular complexity index is 1520. The van der Waals surface area contributed by atoms with Gasteiger partial charge in [0.2, 0.25) is 5.95 Å². The van der Waals surface area contributed by atoms with Crippen molar-refractivity contribution in [3.05, 3.63) is 106 Å². The van der Waals surface area contributed by atoms with Crippen LogP contribution < -0.4 is 15.7 Å². The molecule has 1 fully saturated rings. The van der Waals surface area contributed by atoms with E-state index in [1.807, 2.05) is 60.7 Å². The molecule has 6 heteroatoms. The van der Waals surface area contributed by atoms with Gasteiger partial charge in [-0.15, -0.1) is 0 Å². The van der Waals surface area contributed by atoms with Crippen molar-refractivity contribution >= 4 is 12.2 Å². The van der Waals surface area contributed by atoms with E-state index in [2.05, 4.69) is 28.7 Å². The van der Waals surface area contributed by atoms with Crippen LogP contribution in [0.4, 0.5) is 5.95 Å². The molecule has 6 nitrogen and oxygen atoms in total. The Morgan fingerprint density at radius 2 is 1.76 bits per heavy atom. The highest BCUT2D eigenvalue weighted by atomic mass is 16.5. The van der Waals surface area contributed by atoms with Gasteiger partial charge in [0.25, 0.3) is 5.56 Å². The summed E-state index contributed by atoms with van der Waals surface area (Å²) in [7, 11) is 1.63. The molecule has 4 aromatic rings. The Morgan fingerprint density at radius 1 is 0.973 bits per heavy atom. The summed E-state index contributed by atoms with van der Waals surface area (Å²) in [5.41, 5.74) is 8.44. The van der Waals surface area contributed by atoms with Crippen molar-refractivity contribution in [2.45, 2.75) is 43.9 Å². The van der Waals surface area contributed by atoms with Crippen molar-refractivity contribution in [1.29, 1.82) is 0 Å². The topological polar surface area (TPSA) is 68.5 Å². The zero-order valence-corrected chi connectivity index (χ0v) is 21.0. The number of methoxy groups -OCH3 is 1. The summed E-state index contributed by atoms with van der Waals surface area (Å²) in [4.78, 5) is 19.7. The summed E-state index contributed by atoms with van der Waals surface area (Å²) < 4.78 is 7.14. The first-order valence-corrected chi connectivity index (χ1v) is 12.9. The van der Waals surface area contributed by atoms with E-state index in [0.717, 1.165) is 54.5 Å². The van der Waals surface area contributed by atoms with Crippen LogP contribution in [0.5, 0.6) is 5.75 Å². The van der Waals surface area contributed by atoms with Gasteiger partial charge in [-0.2, -0.15) is 5.10 Å². The highest BCUT2D eigenvalue weighted by molar-refractivity contribution is 5.80. The second-order valence-electron chi connectivity index (χ2n) is 9.96. The molecule has 1 spiro atoms. The Labute approximate surface area is 216 Å². The summed E-state index contributed by atoms with van der Waals surface area (Å²) in [5.74, 6) is 1.06. The molecular weight excluding hydrogens is 460 g/mol. The van der Waals surface area contributed by atoms with Gasteiger partial charge >= 0.3 is 0 Å². The number of hydrazone groups is 1. The molecule has 3 aromatic carbocycles. The second kappa shape index (κ2) is 9.69. The smallest absolute Gasteiger partial charge is 0.263 e. The lowest BCUT2D eigenvalue weighted by atomic mass is 9.62. The number of fused-ring (bicyclic) bond motifs is 4. The van der Waals surface area contributed by atoms with Gasteiger partial charge in [-0.25, -0.2) is 15.0 Å². The predicted octanol–water partition coefficient (Wildman–Crippen LogP) is 6.11. The first kappa shape index (κ1) is 23.2. The molecule has 0 unspecified atom stereocenters. The minimum Gasteiger partial charge on any atom is -0.497 e. The molecule has 2 aliphatic carbocycles. The number of rotatable bonds is 5. The molecule has 0 saturated heterocycles. The minimum absolute atomic E-state index is 0.0351. The third-order valence-corrected chi connectivity index (χ3v) is 7.71. The highest BCUT2D eigenvalue weighted by Crippen LogP contribution is 2.48. The van der Waals surface area contributed by atoms with Crippen LogP contribution in [-0.2, 0) is 11.8 Å². The number of hydrogen-bond donors (Lipinski definition) is 1. The van der Waals surface area contributed by atoms with Crippen LogP contribution in [0.3, 0.4) is 0 Å².